The normalized spacial score (nSPS) is 21.8. The number of aromatic nitrogens is 4. The highest BCUT2D eigenvalue weighted by atomic mass is 16.6. The number of nitrogens with one attached hydrogen (secondary N) is 3. The third-order valence-corrected chi connectivity index (χ3v) is 4.89. The highest BCUT2D eigenvalue weighted by Crippen LogP contribution is 2.42. The zero-order valence-corrected chi connectivity index (χ0v) is 15.9. The second-order valence-electron chi connectivity index (χ2n) is 7.21. The van der Waals surface area contributed by atoms with Crippen molar-refractivity contribution in [3.05, 3.63) is 29.7 Å². The maximum absolute atomic E-state index is 12.2. The number of amides is 2. The summed E-state index contributed by atoms with van der Waals surface area (Å²) in [5.74, 6) is 0.399. The van der Waals surface area contributed by atoms with Gasteiger partial charge in [0.2, 0.25) is 0 Å². The smallest absolute Gasteiger partial charge is 0.407 e. The van der Waals surface area contributed by atoms with E-state index in [1.807, 2.05) is 19.9 Å². The van der Waals surface area contributed by atoms with E-state index in [2.05, 4.69) is 25.9 Å². The van der Waals surface area contributed by atoms with Crippen molar-refractivity contribution in [3.8, 4) is 0 Å². The summed E-state index contributed by atoms with van der Waals surface area (Å²) < 4.78 is 7.13. The van der Waals surface area contributed by atoms with Crippen molar-refractivity contribution >= 4 is 17.8 Å². The molecule has 1 aliphatic rings. The Bertz CT molecular complexity index is 814. The molecule has 2 atom stereocenters. The average molecular weight is 374 g/mol. The van der Waals surface area contributed by atoms with Gasteiger partial charge in [0, 0.05) is 37.5 Å². The van der Waals surface area contributed by atoms with Crippen molar-refractivity contribution in [1.29, 1.82) is 0 Å². The van der Waals surface area contributed by atoms with Gasteiger partial charge in [0.15, 0.2) is 5.82 Å². The average Bonchev–Trinajstić information content (AvgIpc) is 3.33. The Kier molecular flexibility index (Phi) is 5.48. The third-order valence-electron chi connectivity index (χ3n) is 4.89. The van der Waals surface area contributed by atoms with E-state index in [0.29, 0.717) is 24.5 Å². The fourth-order valence-corrected chi connectivity index (χ4v) is 3.44. The van der Waals surface area contributed by atoms with Gasteiger partial charge in [-0.1, -0.05) is 6.92 Å². The van der Waals surface area contributed by atoms with Crippen LogP contribution in [0.25, 0.3) is 0 Å². The van der Waals surface area contributed by atoms with Crippen LogP contribution >= 0.6 is 0 Å². The molecule has 9 heteroatoms. The fraction of sp³-hybridized carbons (Fsp3) is 0.556. The molecule has 27 heavy (non-hydrogen) atoms. The van der Waals surface area contributed by atoms with E-state index in [0.717, 1.165) is 25.0 Å². The zero-order valence-electron chi connectivity index (χ0n) is 15.9. The number of anilines is 1. The number of hydrogen-bond acceptors (Lipinski definition) is 5. The summed E-state index contributed by atoms with van der Waals surface area (Å²) in [6.45, 7) is 4.56. The van der Waals surface area contributed by atoms with Crippen LogP contribution in [0.4, 0.5) is 10.6 Å². The topological polar surface area (TPSA) is 114 Å². The maximum atomic E-state index is 12.2. The molecule has 0 spiro atoms. The Morgan fingerprint density at radius 1 is 1.48 bits per heavy atom. The largest absolute Gasteiger partial charge is 0.443 e. The number of aryl methyl sites for hydroxylation is 1. The standard InChI is InChI=1S/C18H26N6O3/c1-4-8-19-17(26)27-18(2)7-5-12(11-18)13-10-15(23-22-13)21-16(25)14-6-9-20-24(14)3/h6,9-10,12H,4-5,7-8,11H2,1-3H3,(H,19,26)(H2,21,22,23,25)/t12-,18?/m1/s1. The Morgan fingerprint density at radius 2 is 2.30 bits per heavy atom. The van der Waals surface area contributed by atoms with E-state index in [1.165, 1.54) is 4.68 Å². The number of rotatable bonds is 6. The summed E-state index contributed by atoms with van der Waals surface area (Å²) >= 11 is 0. The monoisotopic (exact) mass is 374 g/mol. The molecule has 146 valence electrons. The molecule has 2 aromatic heterocycles. The number of carbonyl (C=O) groups is 2. The van der Waals surface area contributed by atoms with E-state index in [4.69, 9.17) is 4.74 Å². The summed E-state index contributed by atoms with van der Waals surface area (Å²) in [5, 5.41) is 16.7. The van der Waals surface area contributed by atoms with Gasteiger partial charge in [0.05, 0.1) is 0 Å². The van der Waals surface area contributed by atoms with Crippen LogP contribution in [-0.2, 0) is 11.8 Å². The minimum Gasteiger partial charge on any atom is -0.443 e. The van der Waals surface area contributed by atoms with Crippen molar-refractivity contribution in [2.24, 2.45) is 7.05 Å². The second kappa shape index (κ2) is 7.81. The molecule has 3 rings (SSSR count). The van der Waals surface area contributed by atoms with E-state index in [9.17, 15) is 9.59 Å². The highest BCUT2D eigenvalue weighted by molar-refractivity contribution is 6.02. The lowest BCUT2D eigenvalue weighted by molar-refractivity contribution is 0.0293. The van der Waals surface area contributed by atoms with Gasteiger partial charge in [-0.2, -0.15) is 10.2 Å². The fourth-order valence-electron chi connectivity index (χ4n) is 3.44. The molecule has 1 aliphatic carbocycles. The Balaban J connectivity index is 1.58. The van der Waals surface area contributed by atoms with Gasteiger partial charge in [0.1, 0.15) is 11.3 Å². The quantitative estimate of drug-likeness (QED) is 0.719. The van der Waals surface area contributed by atoms with Crippen LogP contribution in [0.2, 0.25) is 0 Å². The van der Waals surface area contributed by atoms with Gasteiger partial charge in [-0.05, 0) is 38.7 Å². The van der Waals surface area contributed by atoms with Crippen molar-refractivity contribution in [2.45, 2.75) is 51.0 Å². The lowest BCUT2D eigenvalue weighted by atomic mass is 10.00. The first-order chi connectivity index (χ1) is 12.9. The van der Waals surface area contributed by atoms with Crippen molar-refractivity contribution < 1.29 is 14.3 Å². The molecule has 0 radical (unpaired) electrons. The van der Waals surface area contributed by atoms with E-state index in [1.54, 1.807) is 19.3 Å². The lowest BCUT2D eigenvalue weighted by Crippen LogP contribution is -2.35. The van der Waals surface area contributed by atoms with E-state index < -0.39 is 5.60 Å². The first-order valence-electron chi connectivity index (χ1n) is 9.22. The SMILES string of the molecule is CCCNC(=O)OC1(C)CC[C@@H](c2cc(NC(=O)c3ccnn3C)n[nH]2)C1. The van der Waals surface area contributed by atoms with Crippen LogP contribution in [0.1, 0.15) is 61.6 Å². The molecular formula is C18H26N6O3. The van der Waals surface area contributed by atoms with Crippen LogP contribution < -0.4 is 10.6 Å². The Labute approximate surface area is 157 Å². The highest BCUT2D eigenvalue weighted by Gasteiger charge is 2.39. The molecule has 1 fully saturated rings. The number of aromatic amines is 1. The van der Waals surface area contributed by atoms with Gasteiger partial charge < -0.3 is 15.4 Å². The number of alkyl carbamates (subject to hydrolysis) is 1. The van der Waals surface area contributed by atoms with Crippen molar-refractivity contribution in [2.75, 3.05) is 11.9 Å². The molecular weight excluding hydrogens is 348 g/mol. The number of hydrogen-bond donors (Lipinski definition) is 3. The number of H-pyrrole nitrogens is 1. The van der Waals surface area contributed by atoms with Crippen LogP contribution in [-0.4, -0.2) is 44.1 Å². The molecule has 0 aliphatic heterocycles. The van der Waals surface area contributed by atoms with Gasteiger partial charge in [0.25, 0.3) is 5.91 Å². The minimum absolute atomic E-state index is 0.198. The van der Waals surface area contributed by atoms with E-state index >= 15 is 0 Å². The molecule has 2 heterocycles. The summed E-state index contributed by atoms with van der Waals surface area (Å²) in [6, 6.07) is 3.48. The number of nitrogens with zero attached hydrogens (tertiary/aromatic N) is 3. The third kappa shape index (κ3) is 4.47. The summed E-state index contributed by atoms with van der Waals surface area (Å²) in [5.41, 5.74) is 0.891. The molecule has 1 saturated carbocycles. The number of carbonyl (C=O) groups excluding carboxylic acids is 2. The minimum atomic E-state index is -0.494. The van der Waals surface area contributed by atoms with Crippen molar-refractivity contribution in [3.63, 3.8) is 0 Å². The summed E-state index contributed by atoms with van der Waals surface area (Å²) in [4.78, 5) is 24.1. The van der Waals surface area contributed by atoms with Gasteiger partial charge in [-0.3, -0.25) is 14.6 Å². The van der Waals surface area contributed by atoms with Crippen LogP contribution in [0, 0.1) is 0 Å². The van der Waals surface area contributed by atoms with Crippen LogP contribution in [0.5, 0.6) is 0 Å². The van der Waals surface area contributed by atoms with Gasteiger partial charge >= 0.3 is 6.09 Å². The second-order valence-corrected chi connectivity index (χ2v) is 7.21. The summed E-state index contributed by atoms with van der Waals surface area (Å²) in [7, 11) is 1.71. The first kappa shape index (κ1) is 18.9. The molecule has 0 bridgehead atoms. The van der Waals surface area contributed by atoms with Gasteiger partial charge in [-0.25, -0.2) is 4.79 Å². The van der Waals surface area contributed by atoms with Crippen LogP contribution in [0.15, 0.2) is 18.3 Å². The molecule has 9 nitrogen and oxygen atoms in total. The predicted molar refractivity (Wildman–Crippen MR) is 99.5 cm³/mol. The Hall–Kier alpha value is -2.84. The lowest BCUT2D eigenvalue weighted by Gasteiger charge is -2.24. The van der Waals surface area contributed by atoms with Gasteiger partial charge in [-0.15, -0.1) is 0 Å². The Morgan fingerprint density at radius 3 is 3.00 bits per heavy atom. The molecule has 1 unspecified atom stereocenters. The molecule has 0 saturated heterocycles. The maximum Gasteiger partial charge on any atom is 0.407 e. The predicted octanol–water partition coefficient (Wildman–Crippen LogP) is 2.56. The van der Waals surface area contributed by atoms with E-state index in [-0.39, 0.29) is 17.9 Å². The molecule has 2 aromatic rings. The number of ether oxygens (including phenoxy) is 1. The molecule has 0 aromatic carbocycles. The zero-order chi connectivity index (χ0) is 19.4. The molecule has 2 amide bonds. The van der Waals surface area contributed by atoms with Crippen molar-refractivity contribution in [1.82, 2.24) is 25.3 Å². The van der Waals surface area contributed by atoms with Crippen LogP contribution in [0.3, 0.4) is 0 Å². The first-order valence-corrected chi connectivity index (χ1v) is 9.22. The molecule has 3 N–H and O–H groups in total. The summed E-state index contributed by atoms with van der Waals surface area (Å²) in [6.07, 6.45) is 4.45.